The third kappa shape index (κ3) is 3.44. The van der Waals surface area contributed by atoms with Gasteiger partial charge in [0, 0.05) is 17.7 Å². The summed E-state index contributed by atoms with van der Waals surface area (Å²) in [5.74, 6) is -1.86. The van der Waals surface area contributed by atoms with Crippen LogP contribution in [-0.4, -0.2) is 29.4 Å². The number of hydrogen-bond donors (Lipinski definition) is 3. The molecule has 4 N–H and O–H groups in total. The van der Waals surface area contributed by atoms with Crippen molar-refractivity contribution in [1.82, 2.24) is 5.32 Å². The van der Waals surface area contributed by atoms with Gasteiger partial charge in [-0.15, -0.1) is 0 Å². The Labute approximate surface area is 128 Å². The maximum Gasteiger partial charge on any atom is 0.311 e. The minimum absolute atomic E-state index is 0.0992. The number of aliphatic carboxylic acids is 1. The summed E-state index contributed by atoms with van der Waals surface area (Å²) in [4.78, 5) is 34.9. The van der Waals surface area contributed by atoms with Gasteiger partial charge >= 0.3 is 5.97 Å². The number of carboxylic acid groups (broad SMARTS) is 1. The van der Waals surface area contributed by atoms with Crippen LogP contribution in [0.5, 0.6) is 0 Å². The van der Waals surface area contributed by atoms with E-state index in [-0.39, 0.29) is 12.1 Å². The number of nitrogens with one attached hydrogen (secondary N) is 1. The Morgan fingerprint density at radius 3 is 2.36 bits per heavy atom. The number of rotatable bonds is 5. The molecule has 6 nitrogen and oxygen atoms in total. The average Bonchev–Trinajstić information content (AvgIpc) is 2.53. The SMILES string of the molecule is NC(=O)c1cccc(C(=O)NCC2(C(=O)O)CCCCC2)c1. The zero-order chi connectivity index (χ0) is 16.2. The van der Waals surface area contributed by atoms with E-state index < -0.39 is 23.2 Å². The van der Waals surface area contributed by atoms with Crippen molar-refractivity contribution in [2.75, 3.05) is 6.54 Å². The van der Waals surface area contributed by atoms with E-state index in [0.29, 0.717) is 18.4 Å². The molecular formula is C16H20N2O4. The van der Waals surface area contributed by atoms with Gasteiger partial charge in [0.2, 0.25) is 5.91 Å². The molecule has 2 amide bonds. The lowest BCUT2D eigenvalue weighted by Crippen LogP contribution is -2.44. The fourth-order valence-electron chi connectivity index (χ4n) is 2.86. The molecule has 22 heavy (non-hydrogen) atoms. The second kappa shape index (κ2) is 6.60. The minimum Gasteiger partial charge on any atom is -0.481 e. The highest BCUT2D eigenvalue weighted by molar-refractivity contribution is 5.99. The van der Waals surface area contributed by atoms with Gasteiger partial charge in [0.15, 0.2) is 0 Å². The van der Waals surface area contributed by atoms with Crippen LogP contribution in [-0.2, 0) is 4.79 Å². The van der Waals surface area contributed by atoms with Crippen LogP contribution in [0, 0.1) is 5.41 Å². The summed E-state index contributed by atoms with van der Waals surface area (Å²) in [6, 6.07) is 6.07. The van der Waals surface area contributed by atoms with Gasteiger partial charge in [-0.05, 0) is 31.0 Å². The Bertz CT molecular complexity index is 592. The number of carbonyl (C=O) groups excluding carboxylic acids is 2. The Kier molecular flexibility index (Phi) is 4.80. The molecule has 0 aromatic heterocycles. The van der Waals surface area contributed by atoms with Gasteiger partial charge < -0.3 is 16.2 Å². The minimum atomic E-state index is -0.880. The first-order valence-electron chi connectivity index (χ1n) is 7.36. The third-order valence-corrected chi connectivity index (χ3v) is 4.26. The lowest BCUT2D eigenvalue weighted by Gasteiger charge is -2.33. The van der Waals surface area contributed by atoms with Gasteiger partial charge in [-0.2, -0.15) is 0 Å². The van der Waals surface area contributed by atoms with E-state index in [1.807, 2.05) is 0 Å². The molecule has 0 bridgehead atoms. The molecule has 1 aromatic carbocycles. The highest BCUT2D eigenvalue weighted by atomic mass is 16.4. The summed E-state index contributed by atoms with van der Waals surface area (Å²) in [7, 11) is 0. The van der Waals surface area contributed by atoms with Crippen molar-refractivity contribution < 1.29 is 19.5 Å². The van der Waals surface area contributed by atoms with Crippen LogP contribution in [0.1, 0.15) is 52.8 Å². The topological polar surface area (TPSA) is 109 Å². The Hall–Kier alpha value is -2.37. The van der Waals surface area contributed by atoms with Crippen LogP contribution >= 0.6 is 0 Å². The number of amides is 2. The predicted molar refractivity (Wildman–Crippen MR) is 80.4 cm³/mol. The normalized spacial score (nSPS) is 16.7. The predicted octanol–water partition coefficient (Wildman–Crippen LogP) is 1.55. The van der Waals surface area contributed by atoms with Gasteiger partial charge in [0.25, 0.3) is 5.91 Å². The molecule has 1 aliphatic carbocycles. The fourth-order valence-corrected chi connectivity index (χ4v) is 2.86. The molecule has 6 heteroatoms. The van der Waals surface area contributed by atoms with Crippen molar-refractivity contribution in [2.45, 2.75) is 32.1 Å². The number of carbonyl (C=O) groups is 3. The molecular weight excluding hydrogens is 284 g/mol. The molecule has 1 saturated carbocycles. The van der Waals surface area contributed by atoms with Crippen molar-refractivity contribution in [3.8, 4) is 0 Å². The quantitative estimate of drug-likeness (QED) is 0.766. The molecule has 0 atom stereocenters. The molecule has 0 heterocycles. The van der Waals surface area contributed by atoms with Gasteiger partial charge in [-0.3, -0.25) is 14.4 Å². The van der Waals surface area contributed by atoms with E-state index in [0.717, 1.165) is 19.3 Å². The monoisotopic (exact) mass is 304 g/mol. The molecule has 1 aliphatic rings. The lowest BCUT2D eigenvalue weighted by molar-refractivity contribution is -0.150. The van der Waals surface area contributed by atoms with Crippen LogP contribution in [0.3, 0.4) is 0 Å². The summed E-state index contributed by atoms with van der Waals surface area (Å²) in [5, 5.41) is 12.2. The van der Waals surface area contributed by atoms with Gasteiger partial charge in [0.1, 0.15) is 0 Å². The van der Waals surface area contributed by atoms with Gasteiger partial charge in [-0.1, -0.05) is 25.3 Å². The molecule has 0 unspecified atom stereocenters. The molecule has 0 radical (unpaired) electrons. The Balaban J connectivity index is 2.06. The van der Waals surface area contributed by atoms with Crippen LogP contribution in [0.2, 0.25) is 0 Å². The van der Waals surface area contributed by atoms with Gasteiger partial charge in [-0.25, -0.2) is 0 Å². The van der Waals surface area contributed by atoms with Crippen LogP contribution in [0.15, 0.2) is 24.3 Å². The van der Waals surface area contributed by atoms with Crippen molar-refractivity contribution in [1.29, 1.82) is 0 Å². The summed E-state index contributed by atoms with van der Waals surface area (Å²) in [6.07, 6.45) is 3.90. The maximum atomic E-state index is 12.2. The smallest absolute Gasteiger partial charge is 0.311 e. The van der Waals surface area contributed by atoms with E-state index in [1.165, 1.54) is 12.1 Å². The van der Waals surface area contributed by atoms with E-state index in [2.05, 4.69) is 5.32 Å². The first kappa shape index (κ1) is 16.0. The molecule has 1 fully saturated rings. The van der Waals surface area contributed by atoms with Crippen molar-refractivity contribution in [2.24, 2.45) is 11.1 Å². The summed E-state index contributed by atoms with van der Waals surface area (Å²) < 4.78 is 0. The van der Waals surface area contributed by atoms with E-state index >= 15 is 0 Å². The Morgan fingerprint density at radius 1 is 1.14 bits per heavy atom. The van der Waals surface area contributed by atoms with Crippen molar-refractivity contribution >= 4 is 17.8 Å². The number of nitrogens with two attached hydrogens (primary N) is 1. The Morgan fingerprint density at radius 2 is 1.77 bits per heavy atom. The first-order valence-corrected chi connectivity index (χ1v) is 7.36. The average molecular weight is 304 g/mol. The second-order valence-corrected chi connectivity index (χ2v) is 5.77. The van der Waals surface area contributed by atoms with Crippen LogP contribution in [0.25, 0.3) is 0 Å². The standard InChI is InChI=1S/C16H20N2O4/c17-13(19)11-5-4-6-12(9-11)14(20)18-10-16(15(21)22)7-2-1-3-8-16/h4-6,9H,1-3,7-8,10H2,(H2,17,19)(H,18,20)(H,21,22). The number of primary amides is 1. The van der Waals surface area contributed by atoms with Crippen molar-refractivity contribution in [3.05, 3.63) is 35.4 Å². The number of carboxylic acids is 1. The lowest BCUT2D eigenvalue weighted by atomic mass is 9.74. The van der Waals surface area contributed by atoms with E-state index in [4.69, 9.17) is 5.73 Å². The summed E-state index contributed by atoms with van der Waals surface area (Å²) in [6.45, 7) is 0.0992. The largest absolute Gasteiger partial charge is 0.481 e. The van der Waals surface area contributed by atoms with Crippen LogP contribution in [0.4, 0.5) is 0 Å². The van der Waals surface area contributed by atoms with Crippen molar-refractivity contribution in [3.63, 3.8) is 0 Å². The maximum absolute atomic E-state index is 12.2. The molecule has 0 spiro atoms. The fraction of sp³-hybridized carbons (Fsp3) is 0.438. The highest BCUT2D eigenvalue weighted by Crippen LogP contribution is 2.36. The zero-order valence-corrected chi connectivity index (χ0v) is 12.3. The second-order valence-electron chi connectivity index (χ2n) is 5.77. The van der Waals surface area contributed by atoms with E-state index in [1.54, 1.807) is 12.1 Å². The third-order valence-electron chi connectivity index (χ3n) is 4.26. The highest BCUT2D eigenvalue weighted by Gasteiger charge is 2.39. The summed E-state index contributed by atoms with van der Waals surface area (Å²) >= 11 is 0. The number of hydrogen-bond acceptors (Lipinski definition) is 3. The summed E-state index contributed by atoms with van der Waals surface area (Å²) in [5.41, 5.74) is 4.85. The molecule has 1 aromatic rings. The van der Waals surface area contributed by atoms with Crippen LogP contribution < -0.4 is 11.1 Å². The molecule has 0 aliphatic heterocycles. The first-order chi connectivity index (χ1) is 10.4. The van der Waals surface area contributed by atoms with Gasteiger partial charge in [0.05, 0.1) is 5.41 Å². The molecule has 2 rings (SSSR count). The van der Waals surface area contributed by atoms with E-state index in [9.17, 15) is 19.5 Å². The molecule has 0 saturated heterocycles. The zero-order valence-electron chi connectivity index (χ0n) is 12.3. The molecule has 118 valence electrons. The number of benzene rings is 1.